The number of benzene rings is 2. The molecule has 0 saturated heterocycles. The molecule has 0 spiro atoms. The minimum atomic E-state index is -0.432. The number of nitrogens with two attached hydrogens (primary N) is 1. The predicted octanol–water partition coefficient (Wildman–Crippen LogP) is 4.12. The number of nitrogen functional groups attached to an aromatic ring is 1. The number of para-hydroxylation sites is 1. The molecule has 138 valence electrons. The molecule has 0 unspecified atom stereocenters. The maximum absolute atomic E-state index is 12.1. The third-order valence-corrected chi connectivity index (χ3v) is 4.49. The van der Waals surface area contributed by atoms with Crippen molar-refractivity contribution >= 4 is 50.6 Å². The Labute approximate surface area is 165 Å². The average molecular weight is 428 g/mol. The first-order valence-corrected chi connectivity index (χ1v) is 8.84. The van der Waals surface area contributed by atoms with E-state index in [4.69, 9.17) is 10.5 Å². The summed E-state index contributed by atoms with van der Waals surface area (Å²) in [7, 11) is 3.13. The van der Waals surface area contributed by atoms with Crippen LogP contribution in [-0.2, 0) is 4.74 Å². The van der Waals surface area contributed by atoms with E-state index >= 15 is 0 Å². The molecule has 0 bridgehead atoms. The van der Waals surface area contributed by atoms with Crippen LogP contribution < -0.4 is 16.0 Å². The minimum Gasteiger partial charge on any atom is -0.465 e. The van der Waals surface area contributed by atoms with Gasteiger partial charge in [0, 0.05) is 17.2 Å². The van der Waals surface area contributed by atoms with Gasteiger partial charge in [0.1, 0.15) is 12.0 Å². The number of nitrogens with one attached hydrogen (secondary N) is 1. The average Bonchev–Trinajstić information content (AvgIpc) is 2.70. The molecule has 0 saturated carbocycles. The Kier molecular flexibility index (Phi) is 5.56. The number of hydrogen-bond donors (Lipinski definition) is 2. The monoisotopic (exact) mass is 427 g/mol. The number of carbonyl (C=O) groups is 1. The van der Waals surface area contributed by atoms with E-state index in [1.54, 1.807) is 30.1 Å². The quantitative estimate of drug-likeness (QED) is 0.591. The van der Waals surface area contributed by atoms with Gasteiger partial charge in [-0.3, -0.25) is 0 Å². The lowest BCUT2D eigenvalue weighted by Crippen LogP contribution is -2.18. The summed E-state index contributed by atoms with van der Waals surface area (Å²) in [5, 5.41) is 3.18. The number of halogens is 1. The summed E-state index contributed by atoms with van der Waals surface area (Å²) in [6, 6.07) is 14.7. The fraction of sp³-hybridized carbons (Fsp3) is 0.105. The van der Waals surface area contributed by atoms with E-state index in [-0.39, 0.29) is 0 Å². The number of methoxy groups -OCH3 is 1. The number of nitrogens with zero attached hydrogens (tertiary/aromatic N) is 3. The lowest BCUT2D eigenvalue weighted by molar-refractivity contribution is 0.0601. The van der Waals surface area contributed by atoms with Gasteiger partial charge in [0.25, 0.3) is 0 Å². The molecule has 0 aliphatic heterocycles. The van der Waals surface area contributed by atoms with Crippen molar-refractivity contribution in [1.29, 1.82) is 0 Å². The van der Waals surface area contributed by atoms with E-state index < -0.39 is 5.97 Å². The number of anilines is 5. The third-order valence-electron chi connectivity index (χ3n) is 3.96. The molecule has 3 rings (SSSR count). The number of carbonyl (C=O) groups excluding carboxylic acids is 1. The lowest BCUT2D eigenvalue weighted by Gasteiger charge is -2.23. The zero-order valence-corrected chi connectivity index (χ0v) is 16.4. The van der Waals surface area contributed by atoms with Crippen LogP contribution in [0.2, 0.25) is 0 Å². The lowest BCUT2D eigenvalue weighted by atomic mass is 10.1. The normalized spacial score (nSPS) is 10.3. The Balaban J connectivity index is 1.96. The summed E-state index contributed by atoms with van der Waals surface area (Å²) in [4.78, 5) is 22.3. The van der Waals surface area contributed by atoms with Crippen molar-refractivity contribution in [1.82, 2.24) is 9.97 Å². The van der Waals surface area contributed by atoms with Crippen molar-refractivity contribution in [3.05, 3.63) is 64.9 Å². The zero-order valence-electron chi connectivity index (χ0n) is 14.8. The third kappa shape index (κ3) is 4.01. The van der Waals surface area contributed by atoms with Gasteiger partial charge in [0.2, 0.25) is 0 Å². The van der Waals surface area contributed by atoms with Crippen LogP contribution in [0.3, 0.4) is 0 Å². The molecule has 0 aliphatic rings. The van der Waals surface area contributed by atoms with E-state index in [0.29, 0.717) is 28.6 Å². The highest BCUT2D eigenvalue weighted by Crippen LogP contribution is 2.33. The van der Waals surface area contributed by atoms with Crippen LogP contribution in [-0.4, -0.2) is 30.1 Å². The van der Waals surface area contributed by atoms with Gasteiger partial charge in [-0.2, -0.15) is 0 Å². The standard InChI is InChI=1S/C19H18BrN5O2/c1-25(15-6-4-3-5-14(15)19(26)27-2)18-16(21)17(22-11-23-18)24-13-9-7-12(20)8-10-13/h3-11H,21H2,1-2H3,(H,22,23,24). The van der Waals surface area contributed by atoms with E-state index in [1.165, 1.54) is 13.4 Å². The Morgan fingerprint density at radius 1 is 1.15 bits per heavy atom. The van der Waals surface area contributed by atoms with E-state index in [1.807, 2.05) is 30.3 Å². The summed E-state index contributed by atoms with van der Waals surface area (Å²) in [6.45, 7) is 0. The summed E-state index contributed by atoms with van der Waals surface area (Å²) in [6.07, 6.45) is 1.42. The fourth-order valence-corrected chi connectivity index (χ4v) is 2.85. The van der Waals surface area contributed by atoms with Crippen LogP contribution in [0.4, 0.5) is 28.7 Å². The van der Waals surface area contributed by atoms with Crippen LogP contribution >= 0.6 is 15.9 Å². The molecular weight excluding hydrogens is 410 g/mol. The van der Waals surface area contributed by atoms with Crippen molar-refractivity contribution < 1.29 is 9.53 Å². The van der Waals surface area contributed by atoms with E-state index in [2.05, 4.69) is 31.2 Å². The second kappa shape index (κ2) is 8.05. The molecule has 0 amide bonds. The predicted molar refractivity (Wildman–Crippen MR) is 110 cm³/mol. The van der Waals surface area contributed by atoms with Gasteiger partial charge in [-0.25, -0.2) is 14.8 Å². The second-order valence-electron chi connectivity index (χ2n) is 5.66. The van der Waals surface area contributed by atoms with Gasteiger partial charge in [0.05, 0.1) is 18.4 Å². The van der Waals surface area contributed by atoms with Gasteiger partial charge < -0.3 is 20.7 Å². The Bertz CT molecular complexity index is 963. The number of ether oxygens (including phenoxy) is 1. The molecule has 8 heteroatoms. The molecule has 7 nitrogen and oxygen atoms in total. The molecule has 0 radical (unpaired) electrons. The Hall–Kier alpha value is -3.13. The highest BCUT2D eigenvalue weighted by atomic mass is 79.9. The van der Waals surface area contributed by atoms with Crippen molar-refractivity contribution in [2.45, 2.75) is 0 Å². The number of rotatable bonds is 5. The summed E-state index contributed by atoms with van der Waals surface area (Å²) < 4.78 is 5.84. The van der Waals surface area contributed by atoms with E-state index in [0.717, 1.165) is 10.2 Å². The summed E-state index contributed by atoms with van der Waals surface area (Å²) >= 11 is 3.40. The van der Waals surface area contributed by atoms with Gasteiger partial charge in [-0.05, 0) is 36.4 Å². The summed E-state index contributed by atoms with van der Waals surface area (Å²) in [5.41, 5.74) is 8.56. The number of esters is 1. The SMILES string of the molecule is COC(=O)c1ccccc1N(C)c1ncnc(Nc2ccc(Br)cc2)c1N. The molecule has 1 heterocycles. The van der Waals surface area contributed by atoms with Crippen molar-refractivity contribution in [2.24, 2.45) is 0 Å². The second-order valence-corrected chi connectivity index (χ2v) is 6.57. The zero-order chi connectivity index (χ0) is 19.4. The van der Waals surface area contributed by atoms with Crippen LogP contribution in [0.25, 0.3) is 0 Å². The first kappa shape index (κ1) is 18.7. The highest BCUT2D eigenvalue weighted by Gasteiger charge is 2.19. The molecule has 0 fully saturated rings. The molecule has 3 N–H and O–H groups in total. The van der Waals surface area contributed by atoms with Gasteiger partial charge >= 0.3 is 5.97 Å². The van der Waals surface area contributed by atoms with Gasteiger partial charge in [-0.1, -0.05) is 28.1 Å². The topological polar surface area (TPSA) is 93.4 Å². The Morgan fingerprint density at radius 2 is 1.85 bits per heavy atom. The van der Waals surface area contributed by atoms with Crippen LogP contribution in [0.1, 0.15) is 10.4 Å². The van der Waals surface area contributed by atoms with E-state index in [9.17, 15) is 4.79 Å². The van der Waals surface area contributed by atoms with Crippen molar-refractivity contribution in [3.8, 4) is 0 Å². The number of hydrogen-bond acceptors (Lipinski definition) is 7. The Morgan fingerprint density at radius 3 is 2.56 bits per heavy atom. The van der Waals surface area contributed by atoms with Crippen molar-refractivity contribution in [2.75, 3.05) is 30.1 Å². The smallest absolute Gasteiger partial charge is 0.339 e. The first-order chi connectivity index (χ1) is 13.0. The minimum absolute atomic E-state index is 0.364. The van der Waals surface area contributed by atoms with Gasteiger partial charge in [0.15, 0.2) is 11.6 Å². The molecule has 2 aromatic carbocycles. The summed E-state index contributed by atoms with van der Waals surface area (Å²) in [5.74, 6) is 0.518. The molecule has 1 aromatic heterocycles. The highest BCUT2D eigenvalue weighted by molar-refractivity contribution is 9.10. The fourth-order valence-electron chi connectivity index (χ4n) is 2.59. The van der Waals surface area contributed by atoms with Crippen LogP contribution in [0, 0.1) is 0 Å². The maximum atomic E-state index is 12.1. The number of aromatic nitrogens is 2. The van der Waals surface area contributed by atoms with Crippen LogP contribution in [0.15, 0.2) is 59.3 Å². The largest absolute Gasteiger partial charge is 0.465 e. The first-order valence-electron chi connectivity index (χ1n) is 8.05. The molecule has 27 heavy (non-hydrogen) atoms. The molecule has 0 atom stereocenters. The maximum Gasteiger partial charge on any atom is 0.339 e. The molecule has 3 aromatic rings. The van der Waals surface area contributed by atoms with Gasteiger partial charge in [-0.15, -0.1) is 0 Å². The van der Waals surface area contributed by atoms with Crippen molar-refractivity contribution in [3.63, 3.8) is 0 Å². The van der Waals surface area contributed by atoms with Crippen LogP contribution in [0.5, 0.6) is 0 Å². The molecule has 0 aliphatic carbocycles. The molecular formula is C19H18BrN5O2.